The molecule has 1 aromatic heterocycles. The minimum Gasteiger partial charge on any atom is -0.289 e. The van der Waals surface area contributed by atoms with Gasteiger partial charge in [0, 0.05) is 26.2 Å². The first-order chi connectivity index (χ1) is 9.22. The first kappa shape index (κ1) is 9.97. The number of nitrogens with zero attached hydrogens (tertiary/aromatic N) is 3. The Balaban J connectivity index is 2.36. The minimum absolute atomic E-state index is 0.169. The maximum absolute atomic E-state index is 12.4. The fraction of sp³-hybridized carbons (Fsp3) is 0. The van der Waals surface area contributed by atoms with E-state index in [-0.39, 0.29) is 10.9 Å². The first-order valence-electron chi connectivity index (χ1n) is 5.74. The molecule has 0 saturated carbocycles. The van der Waals surface area contributed by atoms with Gasteiger partial charge in [-0.3, -0.25) is 9.59 Å². The molecule has 5 heteroatoms. The monoisotopic (exact) mass is 248 g/mol. The molecule has 1 heterocycles. The fourth-order valence-corrected chi connectivity index (χ4v) is 2.52. The SMILES string of the molecule is N#[N+]n1c2cc3c(=O)c4ccccc4c(=O)c3cc21. The van der Waals surface area contributed by atoms with Gasteiger partial charge in [0.2, 0.25) is 0 Å². The Morgan fingerprint density at radius 1 is 0.842 bits per heavy atom. The quantitative estimate of drug-likeness (QED) is 0.354. The van der Waals surface area contributed by atoms with Gasteiger partial charge in [-0.1, -0.05) is 24.3 Å². The molecule has 0 saturated heterocycles. The van der Waals surface area contributed by atoms with Crippen LogP contribution in [0.25, 0.3) is 37.7 Å². The molecule has 19 heavy (non-hydrogen) atoms. The zero-order valence-corrected chi connectivity index (χ0v) is 9.62. The van der Waals surface area contributed by atoms with Crippen LogP contribution in [0.3, 0.4) is 0 Å². The molecule has 0 fully saturated rings. The Kier molecular flexibility index (Phi) is 1.61. The molecule has 0 bridgehead atoms. The first-order valence-corrected chi connectivity index (χ1v) is 5.74. The van der Waals surface area contributed by atoms with Crippen molar-refractivity contribution < 1.29 is 0 Å². The summed E-state index contributed by atoms with van der Waals surface area (Å²) in [5.74, 6) is 0. The average Bonchev–Trinajstić information content (AvgIpc) is 3.15. The number of rotatable bonds is 0. The van der Waals surface area contributed by atoms with Crippen LogP contribution in [0.5, 0.6) is 0 Å². The zero-order valence-electron chi connectivity index (χ0n) is 9.62. The molecule has 4 rings (SSSR count). The normalized spacial score (nSPS) is 11.5. The van der Waals surface area contributed by atoms with Crippen molar-refractivity contribution in [2.24, 2.45) is 0 Å². The number of benzene rings is 3. The molecule has 0 N–H and O–H groups in total. The van der Waals surface area contributed by atoms with Gasteiger partial charge in [-0.25, -0.2) is 0 Å². The maximum atomic E-state index is 12.4. The van der Waals surface area contributed by atoms with E-state index in [4.69, 9.17) is 5.39 Å². The van der Waals surface area contributed by atoms with Crippen LogP contribution < -0.4 is 10.9 Å². The summed E-state index contributed by atoms with van der Waals surface area (Å²) in [6.45, 7) is 0. The molecule has 0 aliphatic rings. The van der Waals surface area contributed by atoms with E-state index in [0.717, 1.165) is 0 Å². The Hall–Kier alpha value is -3.00. The Labute approximate surface area is 105 Å². The van der Waals surface area contributed by atoms with E-state index in [1.807, 2.05) is 0 Å². The molecule has 0 aliphatic heterocycles. The van der Waals surface area contributed by atoms with Gasteiger partial charge in [0.1, 0.15) is 0 Å². The summed E-state index contributed by atoms with van der Waals surface area (Å²) < 4.78 is 1.28. The van der Waals surface area contributed by atoms with Crippen LogP contribution in [0.15, 0.2) is 46.0 Å². The minimum atomic E-state index is -0.169. The number of aromatic nitrogens is 1. The lowest BCUT2D eigenvalue weighted by atomic mass is 10.0. The van der Waals surface area contributed by atoms with Crippen LogP contribution in [0, 0.1) is 5.39 Å². The van der Waals surface area contributed by atoms with E-state index < -0.39 is 0 Å². The van der Waals surface area contributed by atoms with E-state index >= 15 is 0 Å². The van der Waals surface area contributed by atoms with Gasteiger partial charge in [0.25, 0.3) is 5.39 Å². The van der Waals surface area contributed by atoms with E-state index in [0.29, 0.717) is 32.6 Å². The smallest absolute Gasteiger partial charge is 0.289 e. The van der Waals surface area contributed by atoms with Gasteiger partial charge in [-0.15, -0.1) is 0 Å². The highest BCUT2D eigenvalue weighted by Gasteiger charge is 2.25. The van der Waals surface area contributed by atoms with Crippen molar-refractivity contribution in [2.45, 2.75) is 0 Å². The third-order valence-electron chi connectivity index (χ3n) is 3.52. The number of hydrogen-bond donors (Lipinski definition) is 0. The van der Waals surface area contributed by atoms with Crippen molar-refractivity contribution in [1.82, 2.24) is 4.68 Å². The molecule has 0 atom stereocenters. The topological polar surface area (TPSA) is 67.2 Å². The lowest BCUT2D eigenvalue weighted by Gasteiger charge is -1.97. The third-order valence-corrected chi connectivity index (χ3v) is 3.52. The summed E-state index contributed by atoms with van der Waals surface area (Å²) >= 11 is 0. The van der Waals surface area contributed by atoms with E-state index in [1.54, 1.807) is 36.4 Å². The van der Waals surface area contributed by atoms with Crippen molar-refractivity contribution >= 4 is 32.6 Å². The van der Waals surface area contributed by atoms with Crippen LogP contribution in [-0.4, -0.2) is 4.68 Å². The summed E-state index contributed by atoms with van der Waals surface area (Å²) in [5.41, 5.74) is 0.971. The predicted octanol–water partition coefficient (Wildman–Crippen LogP) is 2.16. The second-order valence-corrected chi connectivity index (χ2v) is 4.49. The van der Waals surface area contributed by atoms with Gasteiger partial charge < -0.3 is 0 Å². The molecule has 0 amide bonds. The van der Waals surface area contributed by atoms with Crippen molar-refractivity contribution in [3.05, 3.63) is 61.9 Å². The second kappa shape index (κ2) is 3.06. The molecule has 0 radical (unpaired) electrons. The second-order valence-electron chi connectivity index (χ2n) is 4.49. The maximum Gasteiger partial charge on any atom is 0.316 e. The highest BCUT2D eigenvalue weighted by Crippen LogP contribution is 2.28. The molecule has 5 nitrogen and oxygen atoms in total. The third kappa shape index (κ3) is 1.10. The molecular weight excluding hydrogens is 242 g/mol. The van der Waals surface area contributed by atoms with E-state index in [1.165, 1.54) is 4.68 Å². The van der Waals surface area contributed by atoms with Gasteiger partial charge in [0.15, 0.2) is 21.9 Å². The fourth-order valence-electron chi connectivity index (χ4n) is 2.52. The molecule has 88 valence electrons. The van der Waals surface area contributed by atoms with Gasteiger partial charge in [-0.05, 0) is 12.1 Å². The molecule has 0 spiro atoms. The lowest BCUT2D eigenvalue weighted by Crippen LogP contribution is -2.12. The summed E-state index contributed by atoms with van der Waals surface area (Å²) in [5, 5.41) is 13.4. The van der Waals surface area contributed by atoms with Crippen molar-refractivity contribution in [2.75, 3.05) is 0 Å². The Morgan fingerprint density at radius 3 is 1.74 bits per heavy atom. The standard InChI is InChI=1S/C14H6N3O2/c15-16-17-11-5-9-10(6-12(11)17)14(19)8-4-2-1-3-7(8)13(9)18/h1-6H/q+1. The van der Waals surface area contributed by atoms with Crippen LogP contribution in [0.4, 0.5) is 0 Å². The van der Waals surface area contributed by atoms with Crippen LogP contribution in [0.1, 0.15) is 0 Å². The summed E-state index contributed by atoms with van der Waals surface area (Å²) in [6.07, 6.45) is 0. The van der Waals surface area contributed by atoms with Gasteiger partial charge in [-0.2, -0.15) is 0 Å². The molecule has 0 unspecified atom stereocenters. The summed E-state index contributed by atoms with van der Waals surface area (Å²) in [7, 11) is 0. The van der Waals surface area contributed by atoms with Crippen molar-refractivity contribution in [1.29, 1.82) is 5.39 Å². The lowest BCUT2D eigenvalue weighted by molar-refractivity contribution is 1.19. The Bertz CT molecular complexity index is 1020. The van der Waals surface area contributed by atoms with Crippen LogP contribution in [-0.2, 0) is 0 Å². The number of fused-ring (bicyclic) bond motifs is 3. The molecule has 3 aromatic carbocycles. The summed E-state index contributed by atoms with van der Waals surface area (Å²) in [6, 6.07) is 9.97. The van der Waals surface area contributed by atoms with Crippen molar-refractivity contribution in [3.63, 3.8) is 0 Å². The largest absolute Gasteiger partial charge is 0.316 e. The van der Waals surface area contributed by atoms with E-state index in [2.05, 4.69) is 5.08 Å². The average molecular weight is 248 g/mol. The predicted molar refractivity (Wildman–Crippen MR) is 72.3 cm³/mol. The molecular formula is C14H6N3O2+. The Morgan fingerprint density at radius 2 is 1.32 bits per heavy atom. The van der Waals surface area contributed by atoms with E-state index in [9.17, 15) is 9.59 Å². The van der Waals surface area contributed by atoms with Crippen LogP contribution in [0.2, 0.25) is 0 Å². The number of diazo groups is 1. The molecule has 4 aromatic rings. The van der Waals surface area contributed by atoms with Crippen LogP contribution >= 0.6 is 0 Å². The van der Waals surface area contributed by atoms with Gasteiger partial charge in [0.05, 0.1) is 0 Å². The van der Waals surface area contributed by atoms with Crippen molar-refractivity contribution in [3.8, 4) is 0 Å². The highest BCUT2D eigenvalue weighted by molar-refractivity contribution is 6.06. The summed E-state index contributed by atoms with van der Waals surface area (Å²) in [4.78, 5) is 24.7. The zero-order chi connectivity index (χ0) is 13.1. The highest BCUT2D eigenvalue weighted by atomic mass is 16.1. The number of hydrogen-bond acceptors (Lipinski definition) is 3. The van der Waals surface area contributed by atoms with Gasteiger partial charge >= 0.3 is 5.08 Å². The molecule has 0 aliphatic carbocycles.